The van der Waals surface area contributed by atoms with E-state index in [0.29, 0.717) is 6.10 Å². The summed E-state index contributed by atoms with van der Waals surface area (Å²) in [4.78, 5) is 4.72. The lowest BCUT2D eigenvalue weighted by Crippen LogP contribution is -2.18. The monoisotopic (exact) mass is 300 g/mol. The molecule has 0 saturated carbocycles. The third kappa shape index (κ3) is 2.83. The fourth-order valence-electron chi connectivity index (χ4n) is 3.23. The van der Waals surface area contributed by atoms with Gasteiger partial charge >= 0.3 is 0 Å². The lowest BCUT2D eigenvalue weighted by molar-refractivity contribution is 0.120. The Morgan fingerprint density at radius 2 is 2.19 bits per heavy atom. The van der Waals surface area contributed by atoms with Gasteiger partial charge in [-0.2, -0.15) is 0 Å². The molecule has 1 fully saturated rings. The first-order chi connectivity index (χ1) is 10.4. The van der Waals surface area contributed by atoms with Gasteiger partial charge in [0.15, 0.2) is 5.13 Å². The van der Waals surface area contributed by atoms with Crippen molar-refractivity contribution in [2.75, 3.05) is 18.5 Å². The van der Waals surface area contributed by atoms with Crippen molar-refractivity contribution in [3.05, 3.63) is 34.7 Å². The minimum atomic E-state index is 0.359. The standard InChI is InChI=1S/C17H20N2OS/c1-3-12-6-7-14(9-13(12)4-1)16-11-21-17(19-16)18-10-15-5-2-8-20-15/h6-7,9,11,15H,1-5,8,10H2,(H,18,19). The molecule has 3 nitrogen and oxygen atoms in total. The van der Waals surface area contributed by atoms with Crippen LogP contribution in [0.25, 0.3) is 11.3 Å². The van der Waals surface area contributed by atoms with Crippen LogP contribution in [0.1, 0.15) is 30.4 Å². The van der Waals surface area contributed by atoms with E-state index in [1.165, 1.54) is 42.4 Å². The molecule has 1 saturated heterocycles. The highest BCUT2D eigenvalue weighted by Crippen LogP contribution is 2.30. The van der Waals surface area contributed by atoms with Gasteiger partial charge in [-0.05, 0) is 49.3 Å². The van der Waals surface area contributed by atoms with E-state index < -0.39 is 0 Å². The summed E-state index contributed by atoms with van der Waals surface area (Å²) in [5, 5.41) is 6.56. The van der Waals surface area contributed by atoms with Gasteiger partial charge in [0.25, 0.3) is 0 Å². The molecule has 1 aromatic carbocycles. The van der Waals surface area contributed by atoms with E-state index in [1.807, 2.05) is 0 Å². The highest BCUT2D eigenvalue weighted by atomic mass is 32.1. The van der Waals surface area contributed by atoms with Crippen molar-refractivity contribution >= 4 is 16.5 Å². The van der Waals surface area contributed by atoms with E-state index in [9.17, 15) is 0 Å². The molecule has 0 bridgehead atoms. The van der Waals surface area contributed by atoms with Crippen molar-refractivity contribution in [3.63, 3.8) is 0 Å². The SMILES string of the molecule is c1cc2c(cc1-c1csc(NCC3CCCO3)n1)CCC2. The van der Waals surface area contributed by atoms with Crippen molar-refractivity contribution < 1.29 is 4.74 Å². The zero-order valence-electron chi connectivity index (χ0n) is 12.1. The van der Waals surface area contributed by atoms with E-state index >= 15 is 0 Å². The Balaban J connectivity index is 1.46. The summed E-state index contributed by atoms with van der Waals surface area (Å²) in [5.41, 5.74) is 5.36. The Bertz CT molecular complexity index is 631. The maximum absolute atomic E-state index is 5.63. The van der Waals surface area contributed by atoms with Crippen LogP contribution in [-0.2, 0) is 17.6 Å². The molecule has 4 heteroatoms. The summed E-state index contributed by atoms with van der Waals surface area (Å²) < 4.78 is 5.63. The van der Waals surface area contributed by atoms with Crippen LogP contribution in [0.15, 0.2) is 23.6 Å². The molecule has 0 radical (unpaired) electrons. The van der Waals surface area contributed by atoms with E-state index in [2.05, 4.69) is 28.9 Å². The summed E-state index contributed by atoms with van der Waals surface area (Å²) in [5.74, 6) is 0. The van der Waals surface area contributed by atoms with Gasteiger partial charge in [-0.1, -0.05) is 12.1 Å². The third-order valence-electron chi connectivity index (χ3n) is 4.40. The Hall–Kier alpha value is -1.39. The number of thiazole rings is 1. The fraction of sp³-hybridized carbons (Fsp3) is 0.471. The van der Waals surface area contributed by atoms with Crippen LogP contribution >= 0.6 is 11.3 Å². The summed E-state index contributed by atoms with van der Waals surface area (Å²) in [6, 6.07) is 6.81. The number of hydrogen-bond acceptors (Lipinski definition) is 4. The molecular formula is C17H20N2OS. The first-order valence-corrected chi connectivity index (χ1v) is 8.69. The van der Waals surface area contributed by atoms with Crippen molar-refractivity contribution in [1.82, 2.24) is 4.98 Å². The summed E-state index contributed by atoms with van der Waals surface area (Å²) in [6.07, 6.45) is 6.46. The molecule has 2 aliphatic rings. The largest absolute Gasteiger partial charge is 0.376 e. The minimum Gasteiger partial charge on any atom is -0.376 e. The van der Waals surface area contributed by atoms with Crippen molar-refractivity contribution in [1.29, 1.82) is 0 Å². The lowest BCUT2D eigenvalue weighted by Gasteiger charge is -2.09. The topological polar surface area (TPSA) is 34.1 Å². The first-order valence-electron chi connectivity index (χ1n) is 7.82. The molecule has 4 rings (SSSR count). The Morgan fingerprint density at radius 3 is 3.10 bits per heavy atom. The summed E-state index contributed by atoms with van der Waals surface area (Å²) >= 11 is 1.68. The highest BCUT2D eigenvalue weighted by Gasteiger charge is 2.16. The average Bonchev–Trinajstić information content (AvgIpc) is 3.25. The number of hydrogen-bond donors (Lipinski definition) is 1. The third-order valence-corrected chi connectivity index (χ3v) is 5.20. The Morgan fingerprint density at radius 1 is 1.24 bits per heavy atom. The van der Waals surface area contributed by atoms with Gasteiger partial charge < -0.3 is 10.1 Å². The summed E-state index contributed by atoms with van der Waals surface area (Å²) in [6.45, 7) is 1.78. The van der Waals surface area contributed by atoms with Crippen LogP contribution < -0.4 is 5.32 Å². The first kappa shape index (κ1) is 13.3. The number of ether oxygens (including phenoxy) is 1. The van der Waals surface area contributed by atoms with Crippen molar-refractivity contribution in [2.45, 2.75) is 38.2 Å². The summed E-state index contributed by atoms with van der Waals surface area (Å²) in [7, 11) is 0. The van der Waals surface area contributed by atoms with Gasteiger partial charge in [0.05, 0.1) is 11.8 Å². The van der Waals surface area contributed by atoms with Crippen LogP contribution in [0, 0.1) is 0 Å². The molecule has 1 unspecified atom stereocenters. The molecular weight excluding hydrogens is 280 g/mol. The van der Waals surface area contributed by atoms with E-state index in [-0.39, 0.29) is 0 Å². The van der Waals surface area contributed by atoms with E-state index in [0.717, 1.165) is 30.4 Å². The highest BCUT2D eigenvalue weighted by molar-refractivity contribution is 7.14. The van der Waals surface area contributed by atoms with Crippen LogP contribution in [0.2, 0.25) is 0 Å². The second-order valence-corrected chi connectivity index (χ2v) is 6.75. The van der Waals surface area contributed by atoms with Gasteiger partial charge in [0, 0.05) is 24.1 Å². The molecule has 21 heavy (non-hydrogen) atoms. The number of benzene rings is 1. The number of fused-ring (bicyclic) bond motifs is 1. The lowest BCUT2D eigenvalue weighted by atomic mass is 10.1. The van der Waals surface area contributed by atoms with Gasteiger partial charge in [-0.3, -0.25) is 0 Å². The molecule has 1 aromatic heterocycles. The van der Waals surface area contributed by atoms with E-state index in [1.54, 1.807) is 11.3 Å². The number of anilines is 1. The van der Waals surface area contributed by atoms with Crippen molar-refractivity contribution in [2.24, 2.45) is 0 Å². The van der Waals surface area contributed by atoms with Gasteiger partial charge in [-0.15, -0.1) is 11.3 Å². The Labute approximate surface area is 129 Å². The molecule has 1 aliphatic heterocycles. The molecule has 1 atom stereocenters. The molecule has 1 aliphatic carbocycles. The molecule has 0 amide bonds. The second kappa shape index (κ2) is 5.78. The van der Waals surface area contributed by atoms with Crippen LogP contribution in [0.3, 0.4) is 0 Å². The average molecular weight is 300 g/mol. The zero-order chi connectivity index (χ0) is 14.1. The fourth-order valence-corrected chi connectivity index (χ4v) is 3.95. The molecule has 110 valence electrons. The van der Waals surface area contributed by atoms with Crippen LogP contribution in [0.4, 0.5) is 5.13 Å². The van der Waals surface area contributed by atoms with Gasteiger partial charge in [0.1, 0.15) is 0 Å². The predicted molar refractivity (Wildman–Crippen MR) is 87.0 cm³/mol. The quantitative estimate of drug-likeness (QED) is 0.930. The normalized spacial score (nSPS) is 20.7. The predicted octanol–water partition coefficient (Wildman–Crippen LogP) is 3.89. The molecule has 1 N–H and O–H groups in total. The van der Waals surface area contributed by atoms with Crippen LogP contribution in [0.5, 0.6) is 0 Å². The number of nitrogens with zero attached hydrogens (tertiary/aromatic N) is 1. The molecule has 0 spiro atoms. The minimum absolute atomic E-state index is 0.359. The smallest absolute Gasteiger partial charge is 0.183 e. The van der Waals surface area contributed by atoms with Gasteiger partial charge in [0.2, 0.25) is 0 Å². The molecule has 2 heterocycles. The number of rotatable bonds is 4. The van der Waals surface area contributed by atoms with Crippen LogP contribution in [-0.4, -0.2) is 24.2 Å². The van der Waals surface area contributed by atoms with E-state index in [4.69, 9.17) is 9.72 Å². The number of nitrogens with one attached hydrogen (secondary N) is 1. The number of aryl methyl sites for hydroxylation is 2. The zero-order valence-corrected chi connectivity index (χ0v) is 12.9. The maximum Gasteiger partial charge on any atom is 0.183 e. The number of aromatic nitrogens is 1. The molecule has 2 aromatic rings. The van der Waals surface area contributed by atoms with Crippen molar-refractivity contribution in [3.8, 4) is 11.3 Å². The maximum atomic E-state index is 5.63. The Kier molecular flexibility index (Phi) is 3.65. The second-order valence-electron chi connectivity index (χ2n) is 5.89. The van der Waals surface area contributed by atoms with Gasteiger partial charge in [-0.25, -0.2) is 4.98 Å².